The molecule has 0 radical (unpaired) electrons. The number of nitrogens with one attached hydrogen (secondary N) is 1. The summed E-state index contributed by atoms with van der Waals surface area (Å²) in [6.07, 6.45) is 2.14. The van der Waals surface area contributed by atoms with Crippen LogP contribution in [0.25, 0.3) is 11.0 Å². The van der Waals surface area contributed by atoms with E-state index < -0.39 is 0 Å². The first-order valence-corrected chi connectivity index (χ1v) is 6.37. The minimum absolute atomic E-state index is 0.0758. The number of hydrogen-bond donors (Lipinski definition) is 1. The number of benzene rings is 1. The zero-order valence-corrected chi connectivity index (χ0v) is 10.9. The van der Waals surface area contributed by atoms with Crippen molar-refractivity contribution in [1.82, 2.24) is 9.13 Å². The zero-order chi connectivity index (χ0) is 13.1. The largest absolute Gasteiger partial charge is 0.310 e. The number of unbranched alkanes of at least 4 members (excludes halogenated alkanes) is 1. The SMILES string of the molecule is CCCCn1c(=N)n(CC(C)=O)c2ccccc21. The molecule has 0 saturated carbocycles. The summed E-state index contributed by atoms with van der Waals surface area (Å²) < 4.78 is 3.77. The van der Waals surface area contributed by atoms with Crippen LogP contribution in [-0.2, 0) is 17.9 Å². The highest BCUT2D eigenvalue weighted by Gasteiger charge is 2.10. The molecule has 0 unspecified atom stereocenters. The number of nitrogens with zero attached hydrogens (tertiary/aromatic N) is 2. The number of fused-ring (bicyclic) bond motifs is 1. The highest BCUT2D eigenvalue weighted by Crippen LogP contribution is 2.13. The summed E-state index contributed by atoms with van der Waals surface area (Å²) in [6.45, 7) is 4.81. The molecule has 4 heteroatoms. The lowest BCUT2D eigenvalue weighted by Crippen LogP contribution is -2.26. The first-order valence-electron chi connectivity index (χ1n) is 6.37. The first kappa shape index (κ1) is 12.6. The van der Waals surface area contributed by atoms with E-state index in [1.54, 1.807) is 11.5 Å². The minimum atomic E-state index is 0.0758. The van der Waals surface area contributed by atoms with Crippen LogP contribution in [0.2, 0.25) is 0 Å². The Hall–Kier alpha value is -1.84. The van der Waals surface area contributed by atoms with Crippen molar-refractivity contribution in [2.24, 2.45) is 0 Å². The fraction of sp³-hybridized carbons (Fsp3) is 0.429. The predicted octanol–water partition coefficient (Wildman–Crippen LogP) is 2.31. The van der Waals surface area contributed by atoms with Crippen molar-refractivity contribution in [3.8, 4) is 0 Å². The van der Waals surface area contributed by atoms with Gasteiger partial charge in [0.1, 0.15) is 5.78 Å². The van der Waals surface area contributed by atoms with Crippen molar-refractivity contribution < 1.29 is 4.79 Å². The van der Waals surface area contributed by atoms with E-state index in [0.717, 1.165) is 30.4 Å². The molecule has 0 aliphatic rings. The molecular formula is C14H19N3O. The molecule has 2 aromatic rings. The molecule has 1 aromatic heterocycles. The Balaban J connectivity index is 2.59. The molecule has 18 heavy (non-hydrogen) atoms. The number of aromatic nitrogens is 2. The Bertz CT molecular complexity index is 621. The number of imidazole rings is 1. The highest BCUT2D eigenvalue weighted by molar-refractivity contribution is 5.80. The van der Waals surface area contributed by atoms with Gasteiger partial charge in [-0.25, -0.2) is 0 Å². The monoisotopic (exact) mass is 245 g/mol. The summed E-state index contributed by atoms with van der Waals surface area (Å²) in [4.78, 5) is 11.3. The average molecular weight is 245 g/mol. The second kappa shape index (κ2) is 5.21. The van der Waals surface area contributed by atoms with Gasteiger partial charge in [0.2, 0.25) is 5.62 Å². The van der Waals surface area contributed by atoms with Crippen molar-refractivity contribution in [1.29, 1.82) is 5.41 Å². The van der Waals surface area contributed by atoms with Gasteiger partial charge in [0.25, 0.3) is 0 Å². The minimum Gasteiger partial charge on any atom is -0.310 e. The van der Waals surface area contributed by atoms with Crippen molar-refractivity contribution in [2.45, 2.75) is 39.8 Å². The van der Waals surface area contributed by atoms with Crippen LogP contribution in [0.5, 0.6) is 0 Å². The fourth-order valence-electron chi connectivity index (χ4n) is 2.22. The summed E-state index contributed by atoms with van der Waals surface area (Å²) in [5.41, 5.74) is 2.42. The van der Waals surface area contributed by atoms with Gasteiger partial charge in [-0.05, 0) is 25.5 Å². The van der Waals surface area contributed by atoms with Crippen LogP contribution >= 0.6 is 0 Å². The van der Waals surface area contributed by atoms with E-state index in [9.17, 15) is 4.79 Å². The van der Waals surface area contributed by atoms with Crippen LogP contribution in [0.1, 0.15) is 26.7 Å². The van der Waals surface area contributed by atoms with Crippen LogP contribution in [0.4, 0.5) is 0 Å². The number of aryl methyl sites for hydroxylation is 1. The standard InChI is InChI=1S/C14H19N3O/c1-3-4-9-16-12-7-5-6-8-13(12)17(14(16)15)10-11(2)18/h5-8,15H,3-4,9-10H2,1-2H3. The molecule has 1 aromatic carbocycles. The number of carbonyl (C=O) groups excluding carboxylic acids is 1. The molecule has 0 bridgehead atoms. The van der Waals surface area contributed by atoms with Gasteiger partial charge in [0.15, 0.2) is 0 Å². The Morgan fingerprint density at radius 3 is 2.39 bits per heavy atom. The average Bonchev–Trinajstić information content (AvgIpc) is 2.60. The molecule has 0 amide bonds. The van der Waals surface area contributed by atoms with Gasteiger partial charge in [0.05, 0.1) is 17.6 Å². The maximum absolute atomic E-state index is 11.3. The molecule has 0 atom stereocenters. The molecule has 1 N–H and O–H groups in total. The van der Waals surface area contributed by atoms with E-state index in [4.69, 9.17) is 5.41 Å². The Morgan fingerprint density at radius 2 is 1.83 bits per heavy atom. The van der Waals surface area contributed by atoms with Crippen LogP contribution in [-0.4, -0.2) is 14.9 Å². The first-order chi connectivity index (χ1) is 8.65. The molecule has 0 spiro atoms. The zero-order valence-electron chi connectivity index (χ0n) is 10.9. The van der Waals surface area contributed by atoms with Crippen LogP contribution in [0.15, 0.2) is 24.3 Å². The van der Waals surface area contributed by atoms with E-state index in [2.05, 4.69) is 6.92 Å². The number of Topliss-reactive ketones (excluding diaryl/α,β-unsaturated/α-hetero) is 1. The number of hydrogen-bond acceptors (Lipinski definition) is 2. The van der Waals surface area contributed by atoms with Gasteiger partial charge in [-0.15, -0.1) is 0 Å². The molecule has 0 fully saturated rings. The van der Waals surface area contributed by atoms with Crippen molar-refractivity contribution in [3.63, 3.8) is 0 Å². The van der Waals surface area contributed by atoms with Crippen LogP contribution in [0.3, 0.4) is 0 Å². The molecule has 0 saturated heterocycles. The maximum atomic E-state index is 11.3. The number of ketones is 1. The predicted molar refractivity (Wildman–Crippen MR) is 71.4 cm³/mol. The summed E-state index contributed by atoms with van der Waals surface area (Å²) in [6, 6.07) is 7.91. The number of rotatable bonds is 5. The Kier molecular flexibility index (Phi) is 3.65. The van der Waals surface area contributed by atoms with Gasteiger partial charge < -0.3 is 9.13 Å². The second-order valence-corrected chi connectivity index (χ2v) is 4.61. The van der Waals surface area contributed by atoms with E-state index in [1.165, 1.54) is 0 Å². The van der Waals surface area contributed by atoms with Crippen LogP contribution < -0.4 is 5.62 Å². The molecule has 0 aliphatic heterocycles. The van der Waals surface area contributed by atoms with Gasteiger partial charge in [-0.1, -0.05) is 25.5 Å². The topological polar surface area (TPSA) is 50.8 Å². The van der Waals surface area contributed by atoms with Gasteiger partial charge in [0, 0.05) is 6.54 Å². The van der Waals surface area contributed by atoms with Gasteiger partial charge in [-0.3, -0.25) is 10.2 Å². The fourth-order valence-corrected chi connectivity index (χ4v) is 2.22. The Morgan fingerprint density at radius 1 is 1.22 bits per heavy atom. The van der Waals surface area contributed by atoms with E-state index in [0.29, 0.717) is 5.62 Å². The van der Waals surface area contributed by atoms with Gasteiger partial charge >= 0.3 is 0 Å². The molecule has 2 rings (SSSR count). The summed E-state index contributed by atoms with van der Waals surface area (Å²) in [5.74, 6) is 0.0758. The van der Waals surface area contributed by atoms with E-state index in [1.807, 2.05) is 28.8 Å². The third-order valence-electron chi connectivity index (χ3n) is 3.09. The number of para-hydroxylation sites is 2. The highest BCUT2D eigenvalue weighted by atomic mass is 16.1. The maximum Gasteiger partial charge on any atom is 0.203 e. The van der Waals surface area contributed by atoms with E-state index >= 15 is 0 Å². The van der Waals surface area contributed by atoms with Gasteiger partial charge in [-0.2, -0.15) is 0 Å². The molecule has 0 aliphatic carbocycles. The molecule has 96 valence electrons. The van der Waals surface area contributed by atoms with Crippen molar-refractivity contribution in [3.05, 3.63) is 29.9 Å². The lowest BCUT2D eigenvalue weighted by molar-refractivity contribution is -0.117. The number of carbonyl (C=O) groups is 1. The normalized spacial score (nSPS) is 11.0. The van der Waals surface area contributed by atoms with Crippen molar-refractivity contribution >= 4 is 16.8 Å². The molecular weight excluding hydrogens is 226 g/mol. The van der Waals surface area contributed by atoms with E-state index in [-0.39, 0.29) is 12.3 Å². The summed E-state index contributed by atoms with van der Waals surface area (Å²) >= 11 is 0. The quantitative estimate of drug-likeness (QED) is 0.863. The third kappa shape index (κ3) is 2.23. The summed E-state index contributed by atoms with van der Waals surface area (Å²) in [5, 5.41) is 8.22. The second-order valence-electron chi connectivity index (χ2n) is 4.61. The smallest absolute Gasteiger partial charge is 0.203 e. The Labute approximate surface area is 106 Å². The van der Waals surface area contributed by atoms with Crippen LogP contribution in [0, 0.1) is 5.41 Å². The van der Waals surface area contributed by atoms with Crippen molar-refractivity contribution in [2.75, 3.05) is 0 Å². The third-order valence-corrected chi connectivity index (χ3v) is 3.09. The molecule has 4 nitrogen and oxygen atoms in total. The molecule has 1 heterocycles. The lowest BCUT2D eigenvalue weighted by atomic mass is 10.3. The summed E-state index contributed by atoms with van der Waals surface area (Å²) in [7, 11) is 0. The lowest BCUT2D eigenvalue weighted by Gasteiger charge is -2.02.